The highest BCUT2D eigenvalue weighted by Crippen LogP contribution is 2.15. The van der Waals surface area contributed by atoms with Crippen LogP contribution in [0, 0.1) is 0 Å². The standard InChI is InChI=1S/C16H27N3O2S/c1-4-22(20,21)16-7-5-15(6-8-16)17-13-14(2)19-11-9-18(3)10-12-19/h5-8,14,17H,4,9-13H2,1-3H3. The summed E-state index contributed by atoms with van der Waals surface area (Å²) in [5, 5.41) is 3.40. The van der Waals surface area contributed by atoms with E-state index in [0.29, 0.717) is 10.9 Å². The minimum Gasteiger partial charge on any atom is -0.383 e. The molecule has 1 aliphatic rings. The molecule has 1 fully saturated rings. The molecule has 1 N–H and O–H groups in total. The summed E-state index contributed by atoms with van der Waals surface area (Å²) < 4.78 is 23.6. The second-order valence-electron chi connectivity index (χ2n) is 6.00. The van der Waals surface area contributed by atoms with Crippen LogP contribution in [-0.4, -0.2) is 69.8 Å². The minimum absolute atomic E-state index is 0.139. The smallest absolute Gasteiger partial charge is 0.178 e. The number of anilines is 1. The number of nitrogens with one attached hydrogen (secondary N) is 1. The molecule has 1 aliphatic heterocycles. The average molecular weight is 325 g/mol. The molecule has 124 valence electrons. The molecule has 22 heavy (non-hydrogen) atoms. The zero-order valence-corrected chi connectivity index (χ0v) is 14.6. The summed E-state index contributed by atoms with van der Waals surface area (Å²) in [5.41, 5.74) is 0.969. The van der Waals surface area contributed by atoms with Crippen molar-refractivity contribution in [3.8, 4) is 0 Å². The normalized spacial score (nSPS) is 19.0. The molecule has 1 unspecified atom stereocenters. The van der Waals surface area contributed by atoms with Crippen LogP contribution in [0.4, 0.5) is 5.69 Å². The Hall–Kier alpha value is -1.11. The van der Waals surface area contributed by atoms with Crippen molar-refractivity contribution in [2.24, 2.45) is 0 Å². The van der Waals surface area contributed by atoms with Crippen molar-refractivity contribution < 1.29 is 8.42 Å². The maximum atomic E-state index is 11.8. The predicted octanol–water partition coefficient (Wildman–Crippen LogP) is 1.53. The molecule has 0 aromatic heterocycles. The summed E-state index contributed by atoms with van der Waals surface area (Å²) in [6.07, 6.45) is 0. The number of piperazine rings is 1. The fourth-order valence-electron chi connectivity index (χ4n) is 2.60. The quantitative estimate of drug-likeness (QED) is 0.859. The van der Waals surface area contributed by atoms with Gasteiger partial charge in [-0.05, 0) is 38.2 Å². The Morgan fingerprint density at radius 3 is 2.27 bits per heavy atom. The van der Waals surface area contributed by atoms with Crippen LogP contribution in [-0.2, 0) is 9.84 Å². The van der Waals surface area contributed by atoms with Crippen LogP contribution in [0.2, 0.25) is 0 Å². The SMILES string of the molecule is CCS(=O)(=O)c1ccc(NCC(C)N2CCN(C)CC2)cc1. The molecule has 0 saturated carbocycles. The first-order chi connectivity index (χ1) is 10.4. The summed E-state index contributed by atoms with van der Waals surface area (Å²) in [6, 6.07) is 7.52. The molecule has 5 nitrogen and oxygen atoms in total. The Labute approximate surface area is 134 Å². The second-order valence-corrected chi connectivity index (χ2v) is 8.28. The van der Waals surface area contributed by atoms with Crippen molar-refractivity contribution in [1.82, 2.24) is 9.80 Å². The van der Waals surface area contributed by atoms with Gasteiger partial charge in [0, 0.05) is 44.5 Å². The molecule has 2 rings (SSSR count). The van der Waals surface area contributed by atoms with E-state index >= 15 is 0 Å². The third-order valence-corrected chi connectivity index (χ3v) is 6.11. The maximum Gasteiger partial charge on any atom is 0.178 e. The molecular formula is C16H27N3O2S. The van der Waals surface area contributed by atoms with Gasteiger partial charge in [0.1, 0.15) is 0 Å². The lowest BCUT2D eigenvalue weighted by Gasteiger charge is -2.36. The molecule has 0 amide bonds. The zero-order chi connectivity index (χ0) is 16.2. The van der Waals surface area contributed by atoms with Crippen molar-refractivity contribution in [2.75, 3.05) is 50.8 Å². The average Bonchev–Trinajstić information content (AvgIpc) is 2.53. The number of likely N-dealkylation sites (N-methyl/N-ethyl adjacent to an activating group) is 1. The number of hydrogen-bond donors (Lipinski definition) is 1. The fraction of sp³-hybridized carbons (Fsp3) is 0.625. The van der Waals surface area contributed by atoms with Gasteiger partial charge in [-0.15, -0.1) is 0 Å². The zero-order valence-electron chi connectivity index (χ0n) is 13.7. The van der Waals surface area contributed by atoms with Gasteiger partial charge in [-0.25, -0.2) is 8.42 Å². The Bertz CT molecular complexity index is 564. The van der Waals surface area contributed by atoms with E-state index in [1.807, 2.05) is 12.1 Å². The Morgan fingerprint density at radius 1 is 1.14 bits per heavy atom. The van der Waals surface area contributed by atoms with Gasteiger partial charge in [0.2, 0.25) is 0 Å². The molecule has 1 heterocycles. The van der Waals surface area contributed by atoms with Gasteiger partial charge in [-0.1, -0.05) is 6.92 Å². The first-order valence-electron chi connectivity index (χ1n) is 7.91. The first-order valence-corrected chi connectivity index (χ1v) is 9.57. The van der Waals surface area contributed by atoms with Gasteiger partial charge in [0.25, 0.3) is 0 Å². The highest BCUT2D eigenvalue weighted by molar-refractivity contribution is 7.91. The van der Waals surface area contributed by atoms with Crippen LogP contribution in [0.3, 0.4) is 0 Å². The molecule has 6 heteroatoms. The first kappa shape index (κ1) is 17.2. The lowest BCUT2D eigenvalue weighted by molar-refractivity contribution is 0.123. The third kappa shape index (κ3) is 4.44. The number of benzene rings is 1. The van der Waals surface area contributed by atoms with E-state index < -0.39 is 9.84 Å². The third-order valence-electron chi connectivity index (χ3n) is 4.36. The minimum atomic E-state index is -3.11. The highest BCUT2D eigenvalue weighted by Gasteiger charge is 2.18. The van der Waals surface area contributed by atoms with Crippen LogP contribution in [0.5, 0.6) is 0 Å². The van der Waals surface area contributed by atoms with Crippen LogP contribution in [0.25, 0.3) is 0 Å². The van der Waals surface area contributed by atoms with Crippen LogP contribution in [0.15, 0.2) is 29.2 Å². The van der Waals surface area contributed by atoms with E-state index in [1.165, 1.54) is 0 Å². The van der Waals surface area contributed by atoms with Crippen molar-refractivity contribution >= 4 is 15.5 Å². The molecule has 1 saturated heterocycles. The van der Waals surface area contributed by atoms with Gasteiger partial charge >= 0.3 is 0 Å². The molecule has 0 radical (unpaired) electrons. The largest absolute Gasteiger partial charge is 0.383 e. The Kier molecular flexibility index (Phi) is 5.83. The summed E-state index contributed by atoms with van der Waals surface area (Å²) in [7, 11) is -0.950. The van der Waals surface area contributed by atoms with Crippen LogP contribution >= 0.6 is 0 Å². The van der Waals surface area contributed by atoms with E-state index in [9.17, 15) is 8.42 Å². The van der Waals surface area contributed by atoms with Gasteiger partial charge in [-0.3, -0.25) is 4.90 Å². The van der Waals surface area contributed by atoms with E-state index in [-0.39, 0.29) is 5.75 Å². The summed E-state index contributed by atoms with van der Waals surface area (Å²) >= 11 is 0. The van der Waals surface area contributed by atoms with Crippen molar-refractivity contribution in [3.05, 3.63) is 24.3 Å². The van der Waals surface area contributed by atoms with Gasteiger partial charge < -0.3 is 10.2 Å². The van der Waals surface area contributed by atoms with Gasteiger partial charge in [-0.2, -0.15) is 0 Å². The van der Waals surface area contributed by atoms with E-state index in [2.05, 4.69) is 29.1 Å². The number of rotatable bonds is 6. The Morgan fingerprint density at radius 2 is 1.73 bits per heavy atom. The number of sulfone groups is 1. The molecule has 1 aromatic carbocycles. The monoisotopic (exact) mass is 325 g/mol. The lowest BCUT2D eigenvalue weighted by atomic mass is 10.2. The van der Waals surface area contributed by atoms with E-state index in [1.54, 1.807) is 19.1 Å². The molecule has 0 spiro atoms. The van der Waals surface area contributed by atoms with Crippen LogP contribution in [0.1, 0.15) is 13.8 Å². The Balaban J connectivity index is 1.86. The second kappa shape index (κ2) is 7.44. The van der Waals surface area contributed by atoms with E-state index in [4.69, 9.17) is 0 Å². The molecule has 1 aromatic rings. The van der Waals surface area contributed by atoms with Gasteiger partial charge in [0.15, 0.2) is 9.84 Å². The van der Waals surface area contributed by atoms with E-state index in [0.717, 1.165) is 38.4 Å². The fourth-order valence-corrected chi connectivity index (χ4v) is 3.49. The summed E-state index contributed by atoms with van der Waals surface area (Å²) in [4.78, 5) is 5.24. The van der Waals surface area contributed by atoms with Crippen molar-refractivity contribution in [2.45, 2.75) is 24.8 Å². The van der Waals surface area contributed by atoms with Gasteiger partial charge in [0.05, 0.1) is 10.6 Å². The summed E-state index contributed by atoms with van der Waals surface area (Å²) in [5.74, 6) is 0.139. The maximum absolute atomic E-state index is 11.8. The number of nitrogens with zero attached hydrogens (tertiary/aromatic N) is 2. The molecular weight excluding hydrogens is 298 g/mol. The highest BCUT2D eigenvalue weighted by atomic mass is 32.2. The lowest BCUT2D eigenvalue weighted by Crippen LogP contribution is -2.49. The van der Waals surface area contributed by atoms with Crippen LogP contribution < -0.4 is 5.32 Å². The molecule has 0 bridgehead atoms. The topological polar surface area (TPSA) is 52.7 Å². The molecule has 1 atom stereocenters. The predicted molar refractivity (Wildman–Crippen MR) is 91.2 cm³/mol. The van der Waals surface area contributed by atoms with Crippen molar-refractivity contribution in [3.63, 3.8) is 0 Å². The molecule has 0 aliphatic carbocycles. The van der Waals surface area contributed by atoms with Crippen molar-refractivity contribution in [1.29, 1.82) is 0 Å². The number of hydrogen-bond acceptors (Lipinski definition) is 5. The summed E-state index contributed by atoms with van der Waals surface area (Å²) in [6.45, 7) is 9.21.